The molecule has 5 heteroatoms. The van der Waals surface area contributed by atoms with Crippen LogP contribution >= 0.6 is 0 Å². The van der Waals surface area contributed by atoms with Crippen molar-refractivity contribution in [2.75, 3.05) is 7.05 Å². The molecular weight excluding hydrogens is 232 g/mol. The third kappa shape index (κ3) is 3.76. The molecule has 18 heavy (non-hydrogen) atoms. The molecule has 1 aromatic rings. The summed E-state index contributed by atoms with van der Waals surface area (Å²) in [5.74, 6) is -1.02. The van der Waals surface area contributed by atoms with Gasteiger partial charge < -0.3 is 15.3 Å². The van der Waals surface area contributed by atoms with Gasteiger partial charge in [-0.15, -0.1) is 0 Å². The number of carboxylic acid groups (broad SMARTS) is 1. The topological polar surface area (TPSA) is 69.6 Å². The van der Waals surface area contributed by atoms with E-state index >= 15 is 0 Å². The van der Waals surface area contributed by atoms with Crippen molar-refractivity contribution < 1.29 is 14.7 Å². The first-order chi connectivity index (χ1) is 8.41. The maximum atomic E-state index is 11.7. The molecule has 5 nitrogen and oxygen atoms in total. The number of carbonyl (C=O) groups is 2. The highest BCUT2D eigenvalue weighted by molar-refractivity contribution is 5.82. The number of nitrogens with one attached hydrogen (secondary N) is 1. The van der Waals surface area contributed by atoms with Gasteiger partial charge in [-0.3, -0.25) is 0 Å². The molecule has 0 radical (unpaired) electrons. The number of aryl methyl sites for hydroxylation is 1. The first kappa shape index (κ1) is 14.0. The molecule has 0 aliphatic carbocycles. The zero-order valence-electron chi connectivity index (χ0n) is 10.8. The molecule has 98 valence electrons. The Morgan fingerprint density at radius 3 is 2.67 bits per heavy atom. The van der Waals surface area contributed by atoms with Crippen molar-refractivity contribution in [2.45, 2.75) is 26.4 Å². The lowest BCUT2D eigenvalue weighted by Crippen LogP contribution is -2.45. The normalized spacial score (nSPS) is 11.7. The number of urea groups is 1. The van der Waals surface area contributed by atoms with Gasteiger partial charge >= 0.3 is 12.0 Å². The first-order valence-corrected chi connectivity index (χ1v) is 5.71. The monoisotopic (exact) mass is 250 g/mol. The van der Waals surface area contributed by atoms with Crippen LogP contribution in [0.5, 0.6) is 0 Å². The lowest BCUT2D eigenvalue weighted by Gasteiger charge is -2.21. The van der Waals surface area contributed by atoms with E-state index in [0.717, 1.165) is 16.0 Å². The van der Waals surface area contributed by atoms with Gasteiger partial charge in [0, 0.05) is 13.6 Å². The van der Waals surface area contributed by atoms with Crippen molar-refractivity contribution in [2.24, 2.45) is 0 Å². The van der Waals surface area contributed by atoms with Gasteiger partial charge in [-0.05, 0) is 19.4 Å². The molecule has 1 rings (SSSR count). The summed E-state index contributed by atoms with van der Waals surface area (Å²) in [4.78, 5) is 23.6. The van der Waals surface area contributed by atoms with Gasteiger partial charge in [0.1, 0.15) is 6.04 Å². The average Bonchev–Trinajstić information content (AvgIpc) is 2.34. The van der Waals surface area contributed by atoms with Gasteiger partial charge in [0.25, 0.3) is 0 Å². The van der Waals surface area contributed by atoms with Crippen molar-refractivity contribution in [1.82, 2.24) is 10.2 Å². The summed E-state index contributed by atoms with van der Waals surface area (Å²) in [6.45, 7) is 3.83. The number of carboxylic acids is 1. The molecule has 0 aromatic heterocycles. The number of nitrogens with zero attached hydrogens (tertiary/aromatic N) is 1. The van der Waals surface area contributed by atoms with E-state index in [2.05, 4.69) is 5.32 Å². The van der Waals surface area contributed by atoms with E-state index in [1.54, 1.807) is 0 Å². The Hall–Kier alpha value is -2.04. The molecule has 1 atom stereocenters. The van der Waals surface area contributed by atoms with E-state index in [1.807, 2.05) is 31.2 Å². The minimum Gasteiger partial charge on any atom is -0.480 e. The molecule has 2 amide bonds. The predicted octanol–water partition coefficient (Wildman–Crippen LogP) is 1.61. The number of amides is 2. The highest BCUT2D eigenvalue weighted by Gasteiger charge is 2.21. The fourth-order valence-corrected chi connectivity index (χ4v) is 1.47. The van der Waals surface area contributed by atoms with Gasteiger partial charge in [-0.25, -0.2) is 9.59 Å². The van der Waals surface area contributed by atoms with Crippen LogP contribution in [0.2, 0.25) is 0 Å². The van der Waals surface area contributed by atoms with Crippen LogP contribution in [0.1, 0.15) is 18.1 Å². The third-order valence-electron chi connectivity index (χ3n) is 2.78. The fourth-order valence-electron chi connectivity index (χ4n) is 1.47. The van der Waals surface area contributed by atoms with Crippen LogP contribution in [-0.2, 0) is 11.3 Å². The molecule has 0 aliphatic heterocycles. The summed E-state index contributed by atoms with van der Waals surface area (Å²) < 4.78 is 0. The highest BCUT2D eigenvalue weighted by atomic mass is 16.4. The number of benzene rings is 1. The molecule has 0 aliphatic rings. The zero-order chi connectivity index (χ0) is 13.7. The second kappa shape index (κ2) is 6.05. The van der Waals surface area contributed by atoms with Gasteiger partial charge in [0.15, 0.2) is 0 Å². The maximum absolute atomic E-state index is 11.7. The summed E-state index contributed by atoms with van der Waals surface area (Å²) in [6, 6.07) is 6.54. The Bertz CT molecular complexity index is 446. The summed E-state index contributed by atoms with van der Waals surface area (Å²) in [6.07, 6.45) is 0. The number of aliphatic carboxylic acids is 1. The smallest absolute Gasteiger partial charge is 0.326 e. The van der Waals surface area contributed by atoms with Crippen molar-refractivity contribution in [3.05, 3.63) is 35.4 Å². The van der Waals surface area contributed by atoms with Crippen LogP contribution in [0.3, 0.4) is 0 Å². The lowest BCUT2D eigenvalue weighted by atomic mass is 10.1. The van der Waals surface area contributed by atoms with Gasteiger partial charge in [0.2, 0.25) is 0 Å². The minimum atomic E-state index is -1.02. The Morgan fingerprint density at radius 1 is 1.44 bits per heavy atom. The zero-order valence-corrected chi connectivity index (χ0v) is 10.8. The molecule has 2 N–H and O–H groups in total. The molecule has 0 fully saturated rings. The molecular formula is C13H18N2O3. The highest BCUT2D eigenvalue weighted by Crippen LogP contribution is 2.04. The number of hydrogen-bond donors (Lipinski definition) is 2. The van der Waals surface area contributed by atoms with E-state index in [1.165, 1.54) is 14.0 Å². The largest absolute Gasteiger partial charge is 0.480 e. The number of hydrogen-bond acceptors (Lipinski definition) is 2. The maximum Gasteiger partial charge on any atom is 0.326 e. The third-order valence-corrected chi connectivity index (χ3v) is 2.78. The van der Waals surface area contributed by atoms with Crippen molar-refractivity contribution >= 4 is 12.0 Å². The van der Waals surface area contributed by atoms with E-state index < -0.39 is 18.0 Å². The Morgan fingerprint density at radius 2 is 2.11 bits per heavy atom. The van der Waals surface area contributed by atoms with Crippen LogP contribution in [0.25, 0.3) is 0 Å². The van der Waals surface area contributed by atoms with Crippen LogP contribution in [0, 0.1) is 6.92 Å². The summed E-state index contributed by atoms with van der Waals surface area (Å²) in [5, 5.41) is 11.5. The van der Waals surface area contributed by atoms with E-state index in [4.69, 9.17) is 5.11 Å². The number of carbonyl (C=O) groups excluding carboxylic acids is 1. The van der Waals surface area contributed by atoms with Crippen molar-refractivity contribution in [3.63, 3.8) is 0 Å². The second-order valence-corrected chi connectivity index (χ2v) is 4.27. The molecule has 0 saturated heterocycles. The molecule has 0 saturated carbocycles. The van der Waals surface area contributed by atoms with Crippen LogP contribution < -0.4 is 5.32 Å². The minimum absolute atomic E-state index is 0.386. The van der Waals surface area contributed by atoms with Crippen molar-refractivity contribution in [3.8, 4) is 0 Å². The predicted molar refractivity (Wildman–Crippen MR) is 68.3 cm³/mol. The van der Waals surface area contributed by atoms with Gasteiger partial charge in [0.05, 0.1) is 0 Å². The van der Waals surface area contributed by atoms with E-state index in [0.29, 0.717) is 6.54 Å². The van der Waals surface area contributed by atoms with E-state index in [-0.39, 0.29) is 0 Å². The Labute approximate surface area is 106 Å². The second-order valence-electron chi connectivity index (χ2n) is 4.27. The number of rotatable bonds is 4. The average molecular weight is 250 g/mol. The quantitative estimate of drug-likeness (QED) is 0.853. The van der Waals surface area contributed by atoms with E-state index in [9.17, 15) is 9.59 Å². The van der Waals surface area contributed by atoms with Gasteiger partial charge in [-0.1, -0.05) is 29.8 Å². The Balaban J connectivity index is 2.53. The molecule has 1 unspecified atom stereocenters. The van der Waals surface area contributed by atoms with Crippen LogP contribution in [0.15, 0.2) is 24.3 Å². The summed E-state index contributed by atoms with van der Waals surface area (Å²) in [5.41, 5.74) is 2.11. The fraction of sp³-hybridized carbons (Fsp3) is 0.385. The van der Waals surface area contributed by atoms with Gasteiger partial charge in [-0.2, -0.15) is 0 Å². The molecule has 0 spiro atoms. The first-order valence-electron chi connectivity index (χ1n) is 5.71. The van der Waals surface area contributed by atoms with Crippen molar-refractivity contribution in [1.29, 1.82) is 0 Å². The lowest BCUT2D eigenvalue weighted by molar-refractivity contribution is -0.141. The summed E-state index contributed by atoms with van der Waals surface area (Å²) in [7, 11) is 1.46. The SMILES string of the molecule is Cc1cccc(CNC(=O)N(C)C(C)C(=O)O)c1. The molecule has 0 heterocycles. The summed E-state index contributed by atoms with van der Waals surface area (Å²) >= 11 is 0. The Kier molecular flexibility index (Phi) is 4.71. The standard InChI is InChI=1S/C13H18N2O3/c1-9-5-4-6-11(7-9)8-14-13(18)15(3)10(2)12(16)17/h4-7,10H,8H2,1-3H3,(H,14,18)(H,16,17). The van der Waals surface area contributed by atoms with Crippen LogP contribution in [0.4, 0.5) is 4.79 Å². The molecule has 1 aromatic carbocycles. The number of likely N-dealkylation sites (N-methyl/N-ethyl adjacent to an activating group) is 1. The molecule has 0 bridgehead atoms. The van der Waals surface area contributed by atoms with Crippen LogP contribution in [-0.4, -0.2) is 35.1 Å².